The molecule has 100 valence electrons. The zero-order valence-electron chi connectivity index (χ0n) is 11.4. The summed E-state index contributed by atoms with van der Waals surface area (Å²) in [7, 11) is 0. The van der Waals surface area contributed by atoms with E-state index in [0.717, 1.165) is 32.3 Å². The van der Waals surface area contributed by atoms with Gasteiger partial charge in [0.1, 0.15) is 0 Å². The molecule has 0 aliphatic carbocycles. The molecule has 0 spiro atoms. The van der Waals surface area contributed by atoms with Gasteiger partial charge in [-0.2, -0.15) is 0 Å². The lowest BCUT2D eigenvalue weighted by Gasteiger charge is -2.32. The molecule has 0 radical (unpaired) electrons. The van der Waals surface area contributed by atoms with E-state index in [1.54, 1.807) is 0 Å². The average molecular weight is 242 g/mol. The number of likely N-dealkylation sites (N-methyl/N-ethyl adjacent to an activating group) is 1. The van der Waals surface area contributed by atoms with E-state index in [-0.39, 0.29) is 12.0 Å². The number of nitrogens with zero attached hydrogens (tertiary/aromatic N) is 1. The Bertz CT molecular complexity index is 248. The fraction of sp³-hybridized carbons (Fsp3) is 0.923. The van der Waals surface area contributed by atoms with E-state index < -0.39 is 5.54 Å². The number of hydrogen-bond donors (Lipinski definition) is 1. The summed E-state index contributed by atoms with van der Waals surface area (Å²) in [5.74, 6) is 0.0531. The maximum Gasteiger partial charge on any atom is 0.242 e. The molecule has 1 aliphatic rings. The van der Waals surface area contributed by atoms with Crippen LogP contribution < -0.4 is 5.73 Å². The van der Waals surface area contributed by atoms with Crippen LogP contribution in [0.25, 0.3) is 0 Å². The second-order valence-corrected chi connectivity index (χ2v) is 5.15. The maximum atomic E-state index is 12.3. The maximum absolute atomic E-state index is 12.3. The monoisotopic (exact) mass is 242 g/mol. The molecule has 1 heterocycles. The minimum atomic E-state index is -0.733. The standard InChI is InChI=1S/C13H26N2O2/c1-4-8-13(3,14)12(16)15(5-2)10-11-7-6-9-17-11/h11H,4-10,14H2,1-3H3. The zero-order chi connectivity index (χ0) is 12.9. The topological polar surface area (TPSA) is 55.6 Å². The van der Waals surface area contributed by atoms with Crippen LogP contribution in [0.2, 0.25) is 0 Å². The molecular formula is C13H26N2O2. The number of ether oxygens (including phenoxy) is 1. The van der Waals surface area contributed by atoms with Gasteiger partial charge in [0.2, 0.25) is 5.91 Å². The summed E-state index contributed by atoms with van der Waals surface area (Å²) >= 11 is 0. The first-order valence-electron chi connectivity index (χ1n) is 6.71. The van der Waals surface area contributed by atoms with Crippen molar-refractivity contribution in [2.45, 2.75) is 58.1 Å². The van der Waals surface area contributed by atoms with E-state index in [4.69, 9.17) is 10.5 Å². The van der Waals surface area contributed by atoms with E-state index in [1.807, 2.05) is 18.7 Å². The fourth-order valence-corrected chi connectivity index (χ4v) is 2.38. The van der Waals surface area contributed by atoms with Crippen LogP contribution in [0.5, 0.6) is 0 Å². The Kier molecular flexibility index (Phi) is 5.40. The molecule has 2 atom stereocenters. The van der Waals surface area contributed by atoms with E-state index >= 15 is 0 Å². The highest BCUT2D eigenvalue weighted by Gasteiger charge is 2.32. The first-order chi connectivity index (χ1) is 8.01. The Morgan fingerprint density at radius 1 is 1.53 bits per heavy atom. The predicted molar refractivity (Wildman–Crippen MR) is 68.7 cm³/mol. The van der Waals surface area contributed by atoms with Gasteiger partial charge in [0.05, 0.1) is 11.6 Å². The molecule has 0 saturated carbocycles. The van der Waals surface area contributed by atoms with Crippen molar-refractivity contribution in [1.29, 1.82) is 0 Å². The third-order valence-corrected chi connectivity index (χ3v) is 3.37. The van der Waals surface area contributed by atoms with Crippen molar-refractivity contribution in [1.82, 2.24) is 4.90 Å². The molecule has 0 bridgehead atoms. The molecule has 0 aromatic heterocycles. The van der Waals surface area contributed by atoms with Crippen LogP contribution in [0.15, 0.2) is 0 Å². The predicted octanol–water partition coefficient (Wildman–Crippen LogP) is 1.53. The molecule has 2 N–H and O–H groups in total. The van der Waals surface area contributed by atoms with Crippen LogP contribution in [0.3, 0.4) is 0 Å². The van der Waals surface area contributed by atoms with Crippen molar-refractivity contribution in [3.63, 3.8) is 0 Å². The van der Waals surface area contributed by atoms with Gasteiger partial charge in [-0.25, -0.2) is 0 Å². The number of nitrogens with two attached hydrogens (primary N) is 1. The number of hydrogen-bond acceptors (Lipinski definition) is 3. The molecule has 1 amide bonds. The molecule has 4 heteroatoms. The third-order valence-electron chi connectivity index (χ3n) is 3.37. The second-order valence-electron chi connectivity index (χ2n) is 5.15. The summed E-state index contributed by atoms with van der Waals surface area (Å²) in [6, 6.07) is 0. The molecule has 17 heavy (non-hydrogen) atoms. The molecule has 4 nitrogen and oxygen atoms in total. The van der Waals surface area contributed by atoms with Crippen LogP contribution in [-0.2, 0) is 9.53 Å². The molecule has 2 unspecified atom stereocenters. The molecule has 1 aliphatic heterocycles. The van der Waals surface area contributed by atoms with Crippen molar-refractivity contribution in [3.8, 4) is 0 Å². The quantitative estimate of drug-likeness (QED) is 0.768. The van der Waals surface area contributed by atoms with Crippen molar-refractivity contribution in [2.24, 2.45) is 5.73 Å². The van der Waals surface area contributed by atoms with Gasteiger partial charge in [-0.3, -0.25) is 4.79 Å². The Balaban J connectivity index is 2.56. The summed E-state index contributed by atoms with van der Waals surface area (Å²) in [6.07, 6.45) is 4.02. The van der Waals surface area contributed by atoms with E-state index in [0.29, 0.717) is 13.1 Å². The SMILES string of the molecule is CCCC(C)(N)C(=O)N(CC)CC1CCCO1. The van der Waals surface area contributed by atoms with Gasteiger partial charge in [0.25, 0.3) is 0 Å². The minimum Gasteiger partial charge on any atom is -0.376 e. The zero-order valence-corrected chi connectivity index (χ0v) is 11.4. The summed E-state index contributed by atoms with van der Waals surface area (Å²) in [5.41, 5.74) is 5.36. The van der Waals surface area contributed by atoms with E-state index in [9.17, 15) is 4.79 Å². The van der Waals surface area contributed by atoms with Gasteiger partial charge in [-0.1, -0.05) is 13.3 Å². The van der Waals surface area contributed by atoms with E-state index in [2.05, 4.69) is 6.92 Å². The second kappa shape index (κ2) is 6.36. The minimum absolute atomic E-state index is 0.0531. The van der Waals surface area contributed by atoms with Crippen molar-refractivity contribution in [2.75, 3.05) is 19.7 Å². The smallest absolute Gasteiger partial charge is 0.242 e. The van der Waals surface area contributed by atoms with Crippen LogP contribution >= 0.6 is 0 Å². The van der Waals surface area contributed by atoms with Crippen LogP contribution in [0.4, 0.5) is 0 Å². The number of rotatable bonds is 6. The molecular weight excluding hydrogens is 216 g/mol. The summed E-state index contributed by atoms with van der Waals surface area (Å²) in [4.78, 5) is 14.2. The van der Waals surface area contributed by atoms with Crippen LogP contribution in [0, 0.1) is 0 Å². The number of carbonyl (C=O) groups excluding carboxylic acids is 1. The molecule has 1 saturated heterocycles. The lowest BCUT2D eigenvalue weighted by molar-refractivity contribution is -0.138. The van der Waals surface area contributed by atoms with Gasteiger partial charge in [-0.05, 0) is 33.1 Å². The first-order valence-corrected chi connectivity index (χ1v) is 6.71. The lowest BCUT2D eigenvalue weighted by atomic mass is 9.95. The Morgan fingerprint density at radius 2 is 2.24 bits per heavy atom. The Hall–Kier alpha value is -0.610. The molecule has 0 aromatic rings. The van der Waals surface area contributed by atoms with Gasteiger partial charge >= 0.3 is 0 Å². The van der Waals surface area contributed by atoms with Crippen molar-refractivity contribution < 1.29 is 9.53 Å². The van der Waals surface area contributed by atoms with Gasteiger partial charge in [0.15, 0.2) is 0 Å². The molecule has 1 rings (SSSR count). The normalized spacial score (nSPS) is 23.4. The lowest BCUT2D eigenvalue weighted by Crippen LogP contribution is -2.54. The number of amides is 1. The van der Waals surface area contributed by atoms with Gasteiger partial charge in [0, 0.05) is 19.7 Å². The summed E-state index contributed by atoms with van der Waals surface area (Å²) in [5, 5.41) is 0. The van der Waals surface area contributed by atoms with Crippen molar-refractivity contribution >= 4 is 5.91 Å². The highest BCUT2D eigenvalue weighted by atomic mass is 16.5. The highest BCUT2D eigenvalue weighted by molar-refractivity contribution is 5.85. The van der Waals surface area contributed by atoms with Gasteiger partial charge < -0.3 is 15.4 Å². The fourth-order valence-electron chi connectivity index (χ4n) is 2.38. The van der Waals surface area contributed by atoms with Crippen LogP contribution in [-0.4, -0.2) is 42.1 Å². The Morgan fingerprint density at radius 3 is 2.71 bits per heavy atom. The number of carbonyl (C=O) groups is 1. The first kappa shape index (κ1) is 14.5. The third kappa shape index (κ3) is 3.96. The Labute approximate surface area is 104 Å². The van der Waals surface area contributed by atoms with E-state index in [1.165, 1.54) is 0 Å². The largest absolute Gasteiger partial charge is 0.376 e. The summed E-state index contributed by atoms with van der Waals surface area (Å²) in [6.45, 7) is 8.09. The van der Waals surface area contributed by atoms with Crippen molar-refractivity contribution in [3.05, 3.63) is 0 Å². The summed E-state index contributed by atoms with van der Waals surface area (Å²) < 4.78 is 5.57. The molecule has 0 aromatic carbocycles. The van der Waals surface area contributed by atoms with Crippen LogP contribution in [0.1, 0.15) is 46.5 Å². The highest BCUT2D eigenvalue weighted by Crippen LogP contribution is 2.17. The average Bonchev–Trinajstić information content (AvgIpc) is 2.77. The molecule has 1 fully saturated rings. The van der Waals surface area contributed by atoms with Gasteiger partial charge in [-0.15, -0.1) is 0 Å².